The Balaban J connectivity index is 1.72. The van der Waals surface area contributed by atoms with E-state index in [0.717, 1.165) is 30.1 Å². The van der Waals surface area contributed by atoms with Crippen LogP contribution in [0.1, 0.15) is 37.7 Å². The zero-order valence-corrected chi connectivity index (χ0v) is 12.7. The van der Waals surface area contributed by atoms with Gasteiger partial charge >= 0.3 is 0 Å². The number of nitrogens with two attached hydrogens (primary N) is 1. The first-order valence-electron chi connectivity index (χ1n) is 7.88. The summed E-state index contributed by atoms with van der Waals surface area (Å²) < 4.78 is 0. The number of hydrogen-bond acceptors (Lipinski definition) is 2. The van der Waals surface area contributed by atoms with Crippen LogP contribution >= 0.6 is 0 Å². The van der Waals surface area contributed by atoms with Gasteiger partial charge in [-0.2, -0.15) is 0 Å². The van der Waals surface area contributed by atoms with E-state index in [4.69, 9.17) is 5.73 Å². The third-order valence-electron chi connectivity index (χ3n) is 4.42. The first-order chi connectivity index (χ1) is 10.2. The van der Waals surface area contributed by atoms with Crippen LogP contribution in [0.2, 0.25) is 0 Å². The van der Waals surface area contributed by atoms with Crippen molar-refractivity contribution in [1.82, 2.24) is 0 Å². The first kappa shape index (κ1) is 14.2. The molecule has 0 saturated heterocycles. The van der Waals surface area contributed by atoms with Gasteiger partial charge in [-0.15, -0.1) is 0 Å². The molecule has 110 valence electrons. The molecule has 0 aromatic heterocycles. The predicted octanol–water partition coefficient (Wildman–Crippen LogP) is 4.42. The summed E-state index contributed by atoms with van der Waals surface area (Å²) in [5, 5.41) is 6.03. The molecular weight excluding hydrogens is 256 g/mol. The van der Waals surface area contributed by atoms with Gasteiger partial charge in [0.1, 0.15) is 0 Å². The van der Waals surface area contributed by atoms with E-state index < -0.39 is 0 Å². The van der Waals surface area contributed by atoms with Crippen molar-refractivity contribution in [1.29, 1.82) is 0 Å². The average Bonchev–Trinajstić information content (AvgIpc) is 3.35. The van der Waals surface area contributed by atoms with Gasteiger partial charge in [-0.05, 0) is 53.6 Å². The molecule has 1 saturated carbocycles. The van der Waals surface area contributed by atoms with Crippen molar-refractivity contribution in [3.8, 4) is 0 Å². The minimum atomic E-state index is 0.0166. The Morgan fingerprint density at radius 3 is 2.67 bits per heavy atom. The second-order valence-electron chi connectivity index (χ2n) is 6.09. The topological polar surface area (TPSA) is 38.0 Å². The van der Waals surface area contributed by atoms with Crippen LogP contribution in [0.4, 0.5) is 5.69 Å². The molecule has 0 amide bonds. The zero-order valence-electron chi connectivity index (χ0n) is 12.7. The molecule has 0 aliphatic heterocycles. The van der Waals surface area contributed by atoms with Crippen molar-refractivity contribution in [3.63, 3.8) is 0 Å². The normalized spacial score (nSPS) is 15.9. The molecule has 0 unspecified atom stereocenters. The minimum absolute atomic E-state index is 0.0166. The van der Waals surface area contributed by atoms with E-state index in [2.05, 4.69) is 55.2 Å². The Kier molecular flexibility index (Phi) is 3.98. The monoisotopic (exact) mass is 280 g/mol. The highest BCUT2D eigenvalue weighted by Crippen LogP contribution is 2.41. The molecule has 0 radical (unpaired) electrons. The van der Waals surface area contributed by atoms with E-state index in [1.807, 2.05) is 0 Å². The molecule has 2 aromatic rings. The molecule has 2 aromatic carbocycles. The fourth-order valence-corrected chi connectivity index (χ4v) is 2.68. The number of nitrogens with one attached hydrogen (secondary N) is 1. The molecule has 2 heteroatoms. The van der Waals surface area contributed by atoms with Crippen molar-refractivity contribution in [3.05, 3.63) is 54.1 Å². The summed E-state index contributed by atoms with van der Waals surface area (Å²) in [6.07, 6.45) is 3.64. The van der Waals surface area contributed by atoms with Crippen LogP contribution in [0.15, 0.2) is 48.6 Å². The lowest BCUT2D eigenvalue weighted by atomic mass is 10.0. The first-order valence-corrected chi connectivity index (χ1v) is 7.88. The second-order valence-corrected chi connectivity index (χ2v) is 6.09. The highest BCUT2D eigenvalue weighted by atomic mass is 14.9. The Bertz CT molecular complexity index is 656. The maximum absolute atomic E-state index is 6.09. The van der Waals surface area contributed by atoms with Crippen LogP contribution in [0.5, 0.6) is 0 Å². The summed E-state index contributed by atoms with van der Waals surface area (Å²) in [6.45, 7) is 6.83. The van der Waals surface area contributed by atoms with Crippen molar-refractivity contribution in [2.45, 2.75) is 38.1 Å². The van der Waals surface area contributed by atoms with E-state index in [-0.39, 0.29) is 6.04 Å². The standard InChI is InChI=1S/C19H24N2/c1-3-13(2)19(20)12-21-18-9-8-16-10-15(14-4-5-14)6-7-17(16)11-18/h6-11,14,19,21H,2-5,12,20H2,1H3/t19-/m1/s1. The van der Waals surface area contributed by atoms with Gasteiger partial charge in [-0.3, -0.25) is 0 Å². The average molecular weight is 280 g/mol. The van der Waals surface area contributed by atoms with Crippen LogP contribution in [0.3, 0.4) is 0 Å². The van der Waals surface area contributed by atoms with Crippen LogP contribution in [0, 0.1) is 0 Å². The Hall–Kier alpha value is -1.80. The summed E-state index contributed by atoms with van der Waals surface area (Å²) in [7, 11) is 0. The number of anilines is 1. The maximum atomic E-state index is 6.09. The van der Waals surface area contributed by atoms with Gasteiger partial charge in [-0.25, -0.2) is 0 Å². The van der Waals surface area contributed by atoms with Crippen molar-refractivity contribution in [2.24, 2.45) is 5.73 Å². The molecule has 0 bridgehead atoms. The van der Waals surface area contributed by atoms with Crippen molar-refractivity contribution < 1.29 is 0 Å². The molecule has 0 heterocycles. The third-order valence-corrected chi connectivity index (χ3v) is 4.42. The molecule has 0 spiro atoms. The van der Waals surface area contributed by atoms with Crippen LogP contribution < -0.4 is 11.1 Å². The zero-order chi connectivity index (χ0) is 14.8. The summed E-state index contributed by atoms with van der Waals surface area (Å²) in [6, 6.07) is 13.4. The molecule has 1 aliphatic carbocycles. The van der Waals surface area contributed by atoms with Gasteiger partial charge in [0.25, 0.3) is 0 Å². The lowest BCUT2D eigenvalue weighted by Gasteiger charge is -2.15. The fraction of sp³-hybridized carbons (Fsp3) is 0.368. The van der Waals surface area contributed by atoms with Crippen molar-refractivity contribution >= 4 is 16.5 Å². The van der Waals surface area contributed by atoms with Gasteiger partial charge in [0, 0.05) is 18.3 Å². The fourth-order valence-electron chi connectivity index (χ4n) is 2.68. The minimum Gasteiger partial charge on any atom is -0.383 e. The summed E-state index contributed by atoms with van der Waals surface area (Å²) >= 11 is 0. The van der Waals surface area contributed by atoms with Gasteiger partial charge in [0.2, 0.25) is 0 Å². The summed E-state index contributed by atoms with van der Waals surface area (Å²) in [4.78, 5) is 0. The number of benzene rings is 2. The van der Waals surface area contributed by atoms with Gasteiger partial charge in [0.05, 0.1) is 0 Å². The van der Waals surface area contributed by atoms with Crippen LogP contribution in [-0.4, -0.2) is 12.6 Å². The Labute approximate surface area is 127 Å². The highest BCUT2D eigenvalue weighted by molar-refractivity contribution is 5.86. The smallest absolute Gasteiger partial charge is 0.0427 e. The molecular formula is C19H24N2. The molecule has 3 rings (SSSR count). The van der Waals surface area contributed by atoms with Gasteiger partial charge < -0.3 is 11.1 Å². The van der Waals surface area contributed by atoms with Gasteiger partial charge in [-0.1, -0.05) is 43.3 Å². The molecule has 1 fully saturated rings. The quantitative estimate of drug-likeness (QED) is 0.769. The molecule has 3 N–H and O–H groups in total. The predicted molar refractivity (Wildman–Crippen MR) is 91.8 cm³/mol. The van der Waals surface area contributed by atoms with Crippen LogP contribution in [-0.2, 0) is 0 Å². The number of rotatable bonds is 6. The Morgan fingerprint density at radius 2 is 1.95 bits per heavy atom. The van der Waals surface area contributed by atoms with E-state index in [1.54, 1.807) is 0 Å². The third kappa shape index (κ3) is 3.27. The van der Waals surface area contributed by atoms with E-state index in [0.29, 0.717) is 0 Å². The number of hydrogen-bond donors (Lipinski definition) is 2. The van der Waals surface area contributed by atoms with E-state index >= 15 is 0 Å². The number of fused-ring (bicyclic) bond motifs is 1. The van der Waals surface area contributed by atoms with E-state index in [1.165, 1.54) is 29.2 Å². The van der Waals surface area contributed by atoms with Crippen LogP contribution in [0.25, 0.3) is 10.8 Å². The largest absolute Gasteiger partial charge is 0.383 e. The highest BCUT2D eigenvalue weighted by Gasteiger charge is 2.23. The maximum Gasteiger partial charge on any atom is 0.0427 e. The van der Waals surface area contributed by atoms with Gasteiger partial charge in [0.15, 0.2) is 0 Å². The molecule has 2 nitrogen and oxygen atoms in total. The molecule has 1 atom stereocenters. The SMILES string of the molecule is C=C(CC)[C@H](N)CNc1ccc2cc(C3CC3)ccc2c1. The molecule has 1 aliphatic rings. The summed E-state index contributed by atoms with van der Waals surface area (Å²) in [5.41, 5.74) is 9.80. The Morgan fingerprint density at radius 1 is 1.24 bits per heavy atom. The molecule has 21 heavy (non-hydrogen) atoms. The summed E-state index contributed by atoms with van der Waals surface area (Å²) in [5.74, 6) is 0.810. The second kappa shape index (κ2) is 5.90. The van der Waals surface area contributed by atoms with E-state index in [9.17, 15) is 0 Å². The lowest BCUT2D eigenvalue weighted by molar-refractivity contribution is 0.774. The lowest BCUT2D eigenvalue weighted by Crippen LogP contribution is -2.30. The van der Waals surface area contributed by atoms with Crippen molar-refractivity contribution in [2.75, 3.05) is 11.9 Å².